The fourth-order valence-electron chi connectivity index (χ4n) is 2.17. The van der Waals surface area contributed by atoms with Gasteiger partial charge in [0.25, 0.3) is 10.8 Å². The van der Waals surface area contributed by atoms with Gasteiger partial charge in [-0.1, -0.05) is 19.9 Å². The Morgan fingerprint density at radius 2 is 2.08 bits per heavy atom. The van der Waals surface area contributed by atoms with E-state index in [1.54, 1.807) is 6.07 Å². The number of aromatic nitrogens is 3. The monoisotopic (exact) mass is 346 g/mol. The van der Waals surface area contributed by atoms with Crippen molar-refractivity contribution in [2.45, 2.75) is 26.7 Å². The molecule has 3 aromatic rings. The van der Waals surface area contributed by atoms with E-state index in [0.29, 0.717) is 23.5 Å². The van der Waals surface area contributed by atoms with E-state index in [1.165, 1.54) is 18.2 Å². The van der Waals surface area contributed by atoms with Crippen LogP contribution in [0.1, 0.15) is 25.1 Å². The number of ether oxygens (including phenoxy) is 1. The van der Waals surface area contributed by atoms with Crippen LogP contribution in [0, 0.1) is 10.1 Å². The van der Waals surface area contributed by atoms with Crippen molar-refractivity contribution in [1.29, 1.82) is 0 Å². The fraction of sp³-hybridized carbons (Fsp3) is 0.267. The van der Waals surface area contributed by atoms with Gasteiger partial charge in [-0.25, -0.2) is 4.98 Å². The first kappa shape index (κ1) is 16.1. The van der Waals surface area contributed by atoms with E-state index in [9.17, 15) is 14.9 Å². The molecule has 0 N–H and O–H groups in total. The first-order valence-electron chi connectivity index (χ1n) is 7.36. The smallest absolute Gasteiger partial charge is 0.311 e. The molecule has 24 heavy (non-hydrogen) atoms. The Bertz CT molecular complexity index is 979. The van der Waals surface area contributed by atoms with Crippen LogP contribution in [0.25, 0.3) is 4.96 Å². The molecule has 0 saturated heterocycles. The summed E-state index contributed by atoms with van der Waals surface area (Å²) in [5, 5.41) is 15.4. The summed E-state index contributed by atoms with van der Waals surface area (Å²) in [6, 6.07) is 6.18. The first-order valence-corrected chi connectivity index (χ1v) is 8.18. The summed E-state index contributed by atoms with van der Waals surface area (Å²) in [5.41, 5.74) is 1.05. The van der Waals surface area contributed by atoms with Gasteiger partial charge in [-0.15, -0.1) is 5.10 Å². The summed E-state index contributed by atoms with van der Waals surface area (Å²) in [5.74, 6) is 0.0834. The van der Waals surface area contributed by atoms with Crippen molar-refractivity contribution in [3.05, 3.63) is 56.0 Å². The standard InChI is InChI=1S/C15H14N4O4S/c1-3-9-5-6-12(11(7-9)19(21)22)23-15-17-18-13(20)8-10(4-2)16-14(18)24-15/h5-8H,3-4H2,1-2H3. The summed E-state index contributed by atoms with van der Waals surface area (Å²) in [6.45, 7) is 3.81. The molecule has 0 fully saturated rings. The minimum absolute atomic E-state index is 0.0834. The molecule has 3 rings (SSSR count). The van der Waals surface area contributed by atoms with Crippen molar-refractivity contribution in [2.75, 3.05) is 0 Å². The number of benzene rings is 1. The molecule has 0 amide bonds. The van der Waals surface area contributed by atoms with E-state index in [1.807, 2.05) is 13.8 Å². The first-order chi connectivity index (χ1) is 11.5. The molecule has 0 unspecified atom stereocenters. The topological polar surface area (TPSA) is 99.6 Å². The molecular formula is C15H14N4O4S. The fourth-order valence-corrected chi connectivity index (χ4v) is 2.96. The number of hydrogen-bond acceptors (Lipinski definition) is 7. The number of fused-ring (bicyclic) bond motifs is 1. The zero-order valence-corrected chi connectivity index (χ0v) is 13.9. The van der Waals surface area contributed by atoms with Crippen molar-refractivity contribution in [2.24, 2.45) is 0 Å². The van der Waals surface area contributed by atoms with E-state index >= 15 is 0 Å². The molecular weight excluding hydrogens is 332 g/mol. The van der Waals surface area contributed by atoms with Gasteiger partial charge in [-0.05, 0) is 35.8 Å². The maximum absolute atomic E-state index is 12.0. The molecule has 2 heterocycles. The highest BCUT2D eigenvalue weighted by Gasteiger charge is 2.19. The lowest BCUT2D eigenvalue weighted by molar-refractivity contribution is -0.385. The van der Waals surface area contributed by atoms with E-state index in [0.717, 1.165) is 21.4 Å². The number of nitro groups is 1. The van der Waals surface area contributed by atoms with Gasteiger partial charge >= 0.3 is 5.69 Å². The minimum atomic E-state index is -0.499. The maximum atomic E-state index is 12.0. The Morgan fingerprint density at radius 1 is 1.29 bits per heavy atom. The average Bonchev–Trinajstić information content (AvgIpc) is 2.98. The predicted octanol–water partition coefficient (Wildman–Crippen LogP) is 2.98. The van der Waals surface area contributed by atoms with Gasteiger partial charge in [0.2, 0.25) is 10.7 Å². The molecule has 0 atom stereocenters. The predicted molar refractivity (Wildman–Crippen MR) is 89.1 cm³/mol. The largest absolute Gasteiger partial charge is 0.422 e. The number of nitro benzene ring substituents is 1. The lowest BCUT2D eigenvalue weighted by Gasteiger charge is -2.04. The van der Waals surface area contributed by atoms with Crippen LogP contribution in [0.4, 0.5) is 5.69 Å². The van der Waals surface area contributed by atoms with Crippen molar-refractivity contribution >= 4 is 22.0 Å². The lowest BCUT2D eigenvalue weighted by Crippen LogP contribution is -2.15. The van der Waals surface area contributed by atoms with Gasteiger partial charge in [-0.3, -0.25) is 14.9 Å². The third-order valence-corrected chi connectivity index (χ3v) is 4.25. The summed E-state index contributed by atoms with van der Waals surface area (Å²) in [4.78, 5) is 27.4. The molecule has 0 bridgehead atoms. The quantitative estimate of drug-likeness (QED) is 0.520. The zero-order chi connectivity index (χ0) is 17.3. The lowest BCUT2D eigenvalue weighted by atomic mass is 10.1. The van der Waals surface area contributed by atoms with Crippen LogP contribution < -0.4 is 10.3 Å². The van der Waals surface area contributed by atoms with Crippen molar-refractivity contribution < 1.29 is 9.66 Å². The number of hydrogen-bond donors (Lipinski definition) is 0. The second kappa shape index (κ2) is 6.36. The minimum Gasteiger partial charge on any atom is -0.422 e. The Hall–Kier alpha value is -2.81. The van der Waals surface area contributed by atoms with Crippen LogP contribution in [-0.2, 0) is 12.8 Å². The molecule has 9 heteroatoms. The van der Waals surface area contributed by atoms with E-state index in [-0.39, 0.29) is 22.2 Å². The van der Waals surface area contributed by atoms with E-state index in [4.69, 9.17) is 4.74 Å². The number of rotatable bonds is 5. The molecule has 0 aliphatic carbocycles. The van der Waals surface area contributed by atoms with Crippen molar-refractivity contribution in [3.63, 3.8) is 0 Å². The van der Waals surface area contributed by atoms with Crippen LogP contribution in [0.15, 0.2) is 29.1 Å². The van der Waals surface area contributed by atoms with Crippen LogP contribution in [0.2, 0.25) is 0 Å². The van der Waals surface area contributed by atoms with Gasteiger partial charge in [0.15, 0.2) is 0 Å². The van der Waals surface area contributed by atoms with E-state index < -0.39 is 4.92 Å². The van der Waals surface area contributed by atoms with Crippen molar-refractivity contribution in [1.82, 2.24) is 14.6 Å². The molecule has 0 aliphatic heterocycles. The Kier molecular flexibility index (Phi) is 4.26. The van der Waals surface area contributed by atoms with Gasteiger partial charge in [-0.2, -0.15) is 4.52 Å². The molecule has 0 radical (unpaired) electrons. The van der Waals surface area contributed by atoms with Gasteiger partial charge < -0.3 is 4.74 Å². The van der Waals surface area contributed by atoms with Crippen LogP contribution >= 0.6 is 11.3 Å². The van der Waals surface area contributed by atoms with Crippen LogP contribution in [0.3, 0.4) is 0 Å². The zero-order valence-electron chi connectivity index (χ0n) is 13.1. The molecule has 8 nitrogen and oxygen atoms in total. The third-order valence-electron chi connectivity index (χ3n) is 3.47. The Labute approximate surface area is 140 Å². The second-order valence-electron chi connectivity index (χ2n) is 5.02. The number of aryl methyl sites for hydroxylation is 2. The van der Waals surface area contributed by atoms with Crippen LogP contribution in [-0.4, -0.2) is 19.5 Å². The Balaban J connectivity index is 2.02. The van der Waals surface area contributed by atoms with Gasteiger partial charge in [0.1, 0.15) is 0 Å². The molecule has 124 valence electrons. The van der Waals surface area contributed by atoms with Gasteiger partial charge in [0, 0.05) is 17.8 Å². The van der Waals surface area contributed by atoms with Gasteiger partial charge in [0.05, 0.1) is 4.92 Å². The average molecular weight is 346 g/mol. The third kappa shape index (κ3) is 2.98. The normalized spacial score (nSPS) is 10.9. The summed E-state index contributed by atoms with van der Waals surface area (Å²) < 4.78 is 6.68. The molecule has 1 aromatic carbocycles. The highest BCUT2D eigenvalue weighted by Crippen LogP contribution is 2.33. The molecule has 0 saturated carbocycles. The molecule has 2 aromatic heterocycles. The Morgan fingerprint density at radius 3 is 2.75 bits per heavy atom. The summed E-state index contributed by atoms with van der Waals surface area (Å²) in [7, 11) is 0. The maximum Gasteiger partial charge on any atom is 0.311 e. The van der Waals surface area contributed by atoms with Crippen molar-refractivity contribution in [3.8, 4) is 10.9 Å². The molecule has 0 aliphatic rings. The molecule has 0 spiro atoms. The van der Waals surface area contributed by atoms with Crippen LogP contribution in [0.5, 0.6) is 10.9 Å². The van der Waals surface area contributed by atoms with E-state index in [2.05, 4.69) is 10.1 Å². The highest BCUT2D eigenvalue weighted by atomic mass is 32.1. The number of nitrogens with zero attached hydrogens (tertiary/aromatic N) is 4. The summed E-state index contributed by atoms with van der Waals surface area (Å²) in [6.07, 6.45) is 1.31. The highest BCUT2D eigenvalue weighted by molar-refractivity contribution is 7.18. The summed E-state index contributed by atoms with van der Waals surface area (Å²) >= 11 is 1.06. The second-order valence-corrected chi connectivity index (χ2v) is 5.93. The SMILES string of the molecule is CCc1ccc(Oc2nn3c(=O)cc(CC)nc3s2)c([N+](=O)[O-])c1.